The first-order valence-corrected chi connectivity index (χ1v) is 6.29. The average Bonchev–Trinajstić information content (AvgIpc) is 2.55. The van der Waals surface area contributed by atoms with Gasteiger partial charge in [-0.1, -0.05) is 0 Å². The third kappa shape index (κ3) is 6.05. The van der Waals surface area contributed by atoms with Gasteiger partial charge in [0, 0.05) is 29.8 Å². The topological polar surface area (TPSA) is 164 Å². The number of aliphatic hydroxyl groups excluding tert-OH is 1. The first-order chi connectivity index (χ1) is 11.3. The van der Waals surface area contributed by atoms with E-state index in [1.807, 2.05) is 0 Å². The van der Waals surface area contributed by atoms with Gasteiger partial charge in [0.15, 0.2) is 6.29 Å². The molecule has 2 rings (SSSR count). The van der Waals surface area contributed by atoms with E-state index >= 15 is 0 Å². The van der Waals surface area contributed by atoms with E-state index in [2.05, 4.69) is 0 Å². The van der Waals surface area contributed by atoms with E-state index in [4.69, 9.17) is 15.3 Å². The number of nitro groups is 2. The van der Waals surface area contributed by atoms with Crippen molar-refractivity contribution >= 4 is 30.1 Å². The monoisotopic (exact) mass is 372 g/mol. The van der Waals surface area contributed by atoms with Crippen molar-refractivity contribution in [2.24, 2.45) is 0 Å². The molecule has 2 aromatic rings. The summed E-state index contributed by atoms with van der Waals surface area (Å²) in [7, 11) is 0. The molecule has 0 saturated carbocycles. The van der Waals surface area contributed by atoms with Crippen LogP contribution in [0, 0.1) is 20.2 Å². The van der Waals surface area contributed by atoms with Crippen molar-refractivity contribution in [3.8, 4) is 11.5 Å². The summed E-state index contributed by atoms with van der Waals surface area (Å²) in [6.07, 6.45) is 0.363. The predicted octanol–water partition coefficient (Wildman–Crippen LogP) is 2.33. The predicted molar refractivity (Wildman–Crippen MR) is 88.1 cm³/mol. The van der Waals surface area contributed by atoms with Crippen LogP contribution in [0.5, 0.6) is 11.5 Å². The van der Waals surface area contributed by atoms with Crippen LogP contribution in [0.1, 0.15) is 15.9 Å². The van der Waals surface area contributed by atoms with E-state index in [0.29, 0.717) is 6.29 Å². The van der Waals surface area contributed by atoms with Crippen molar-refractivity contribution in [2.45, 2.75) is 6.61 Å². The van der Waals surface area contributed by atoms with Crippen LogP contribution in [0.3, 0.4) is 0 Å². The van der Waals surface area contributed by atoms with E-state index in [1.165, 1.54) is 12.1 Å². The number of aldehydes is 1. The number of hydrogen-bond acceptors (Lipinski definition) is 8. The average molecular weight is 373 g/mol. The largest absolute Gasteiger partial charge is 0.508 e. The first-order valence-electron chi connectivity index (χ1n) is 6.29. The summed E-state index contributed by atoms with van der Waals surface area (Å²) in [5.74, 6) is -0.390. The van der Waals surface area contributed by atoms with Crippen LogP contribution < -0.4 is 0 Å². The van der Waals surface area contributed by atoms with Gasteiger partial charge < -0.3 is 15.3 Å². The maximum atomic E-state index is 10.2. The molecule has 0 aliphatic carbocycles. The first kappa shape index (κ1) is 21.8. The summed E-state index contributed by atoms with van der Waals surface area (Å²) >= 11 is 0. The minimum absolute atomic E-state index is 0. The lowest BCUT2D eigenvalue weighted by Crippen LogP contribution is -1.90. The third-order valence-corrected chi connectivity index (χ3v) is 2.79. The zero-order valence-corrected chi connectivity index (χ0v) is 13.3. The maximum absolute atomic E-state index is 10.2. The number of hydrogen-bond donors (Lipinski definition) is 3. The second-order valence-electron chi connectivity index (χ2n) is 4.35. The number of phenols is 2. The Hall–Kier alpha value is -3.24. The summed E-state index contributed by atoms with van der Waals surface area (Å²) < 4.78 is 0. The van der Waals surface area contributed by atoms with Crippen LogP contribution in [0.4, 0.5) is 11.4 Å². The quantitative estimate of drug-likeness (QED) is 0.418. The number of rotatable bonds is 4. The van der Waals surface area contributed by atoms with Crippen molar-refractivity contribution in [2.75, 3.05) is 0 Å². The Morgan fingerprint density at radius 1 is 0.920 bits per heavy atom. The smallest absolute Gasteiger partial charge is 0.270 e. The summed E-state index contributed by atoms with van der Waals surface area (Å²) in [6.45, 7) is -0.409. The maximum Gasteiger partial charge on any atom is 0.270 e. The SMILES string of the molecule is Cl.O=Cc1cc([N+](=O)[O-])ccc1O.O=[N+]([O-])c1ccc(O)c(CO)c1. The summed E-state index contributed by atoms with van der Waals surface area (Å²) in [6, 6.07) is 6.75. The number of benzene rings is 2. The molecule has 0 aliphatic rings. The molecule has 0 atom stereocenters. The van der Waals surface area contributed by atoms with E-state index in [1.54, 1.807) is 0 Å². The Morgan fingerprint density at radius 3 is 1.84 bits per heavy atom. The van der Waals surface area contributed by atoms with Crippen LogP contribution in [-0.4, -0.2) is 31.5 Å². The molecular weight excluding hydrogens is 360 g/mol. The van der Waals surface area contributed by atoms with Crippen molar-refractivity contribution < 1.29 is 30.0 Å². The van der Waals surface area contributed by atoms with Gasteiger partial charge in [0.1, 0.15) is 11.5 Å². The highest BCUT2D eigenvalue weighted by molar-refractivity contribution is 5.85. The molecule has 134 valence electrons. The second kappa shape index (κ2) is 9.80. The normalized spacial score (nSPS) is 9.16. The molecular formula is C14H13ClN2O8. The van der Waals surface area contributed by atoms with Gasteiger partial charge in [-0.25, -0.2) is 0 Å². The minimum Gasteiger partial charge on any atom is -0.508 e. The highest BCUT2D eigenvalue weighted by atomic mass is 35.5. The lowest BCUT2D eigenvalue weighted by molar-refractivity contribution is -0.385. The summed E-state index contributed by atoms with van der Waals surface area (Å²) in [4.78, 5) is 29.4. The number of nitro benzene ring substituents is 2. The van der Waals surface area contributed by atoms with Crippen molar-refractivity contribution in [1.82, 2.24) is 0 Å². The van der Waals surface area contributed by atoms with Crippen LogP contribution in [0.15, 0.2) is 36.4 Å². The molecule has 0 radical (unpaired) electrons. The lowest BCUT2D eigenvalue weighted by atomic mass is 10.2. The zero-order valence-electron chi connectivity index (χ0n) is 12.4. The van der Waals surface area contributed by atoms with Gasteiger partial charge in [0.05, 0.1) is 22.0 Å². The molecule has 25 heavy (non-hydrogen) atoms. The van der Waals surface area contributed by atoms with Crippen LogP contribution in [0.25, 0.3) is 0 Å². The van der Waals surface area contributed by atoms with E-state index in [-0.39, 0.29) is 46.4 Å². The fourth-order valence-electron chi connectivity index (χ4n) is 1.56. The van der Waals surface area contributed by atoms with Gasteiger partial charge in [-0.2, -0.15) is 0 Å². The standard InChI is InChI=1S/C7H7NO4.C7H5NO4.ClH/c2*9-4-5-3-6(8(11)12)1-2-7(5)10;/h1-3,9-10H,4H2;1-4,10H;1H. The van der Waals surface area contributed by atoms with Gasteiger partial charge >= 0.3 is 0 Å². The molecule has 0 amide bonds. The van der Waals surface area contributed by atoms with Crippen LogP contribution in [0.2, 0.25) is 0 Å². The van der Waals surface area contributed by atoms with E-state index in [0.717, 1.165) is 24.3 Å². The fourth-order valence-corrected chi connectivity index (χ4v) is 1.56. The van der Waals surface area contributed by atoms with E-state index < -0.39 is 16.5 Å². The van der Waals surface area contributed by atoms with Crippen LogP contribution in [-0.2, 0) is 6.61 Å². The number of halogens is 1. The van der Waals surface area contributed by atoms with Gasteiger partial charge in [-0.05, 0) is 12.1 Å². The minimum atomic E-state index is -0.633. The molecule has 2 aromatic carbocycles. The molecule has 0 heterocycles. The summed E-state index contributed by atoms with van der Waals surface area (Å²) in [5, 5.41) is 47.1. The highest BCUT2D eigenvalue weighted by Gasteiger charge is 2.09. The molecule has 3 N–H and O–H groups in total. The molecule has 10 nitrogen and oxygen atoms in total. The molecule has 0 aromatic heterocycles. The lowest BCUT2D eigenvalue weighted by Gasteiger charge is -1.98. The second-order valence-corrected chi connectivity index (χ2v) is 4.35. The Balaban J connectivity index is 0.000000443. The molecule has 0 aliphatic heterocycles. The van der Waals surface area contributed by atoms with Crippen molar-refractivity contribution in [1.29, 1.82) is 0 Å². The third-order valence-electron chi connectivity index (χ3n) is 2.79. The number of aromatic hydroxyl groups is 2. The summed E-state index contributed by atoms with van der Waals surface area (Å²) in [5.41, 5.74) is -0.278. The molecule has 0 spiro atoms. The Bertz CT molecular complexity index is 781. The number of phenolic OH excluding ortho intramolecular Hbond substituents is 1. The molecule has 0 bridgehead atoms. The number of carbonyl (C=O) groups is 1. The molecule has 0 unspecified atom stereocenters. The van der Waals surface area contributed by atoms with Crippen molar-refractivity contribution in [3.63, 3.8) is 0 Å². The van der Waals surface area contributed by atoms with E-state index in [9.17, 15) is 25.0 Å². The number of aliphatic hydroxyl groups is 1. The van der Waals surface area contributed by atoms with Crippen LogP contribution >= 0.6 is 12.4 Å². The van der Waals surface area contributed by atoms with Gasteiger partial charge in [-0.15, -0.1) is 12.4 Å². The molecule has 0 saturated heterocycles. The molecule has 11 heteroatoms. The Labute approximate surface area is 146 Å². The number of carbonyl (C=O) groups excluding carboxylic acids is 1. The highest BCUT2D eigenvalue weighted by Crippen LogP contribution is 2.22. The number of nitrogens with zero attached hydrogens (tertiary/aromatic N) is 2. The van der Waals surface area contributed by atoms with Gasteiger partial charge in [0.2, 0.25) is 0 Å². The Morgan fingerprint density at radius 2 is 1.40 bits per heavy atom. The number of non-ortho nitro benzene ring substituents is 2. The zero-order chi connectivity index (χ0) is 18.3. The fraction of sp³-hybridized carbons (Fsp3) is 0.0714. The van der Waals surface area contributed by atoms with Gasteiger partial charge in [-0.3, -0.25) is 25.0 Å². The van der Waals surface area contributed by atoms with Gasteiger partial charge in [0.25, 0.3) is 11.4 Å². The molecule has 0 fully saturated rings. The Kier molecular flexibility index (Phi) is 8.53. The van der Waals surface area contributed by atoms with Crippen molar-refractivity contribution in [3.05, 3.63) is 67.8 Å².